The summed E-state index contributed by atoms with van der Waals surface area (Å²) in [5.41, 5.74) is 0. The minimum absolute atomic E-state index is 0.449. The van der Waals surface area contributed by atoms with Crippen molar-refractivity contribution in [2.45, 2.75) is 19.8 Å². The largest absolute Gasteiger partial charge is 0.381 e. The molecule has 0 aromatic heterocycles. The predicted octanol–water partition coefficient (Wildman–Crippen LogP) is 1.72. The summed E-state index contributed by atoms with van der Waals surface area (Å²) in [6.45, 7) is 9.64. The van der Waals surface area contributed by atoms with Crippen molar-refractivity contribution in [3.05, 3.63) is 11.6 Å². The van der Waals surface area contributed by atoms with Gasteiger partial charge in [-0.05, 0) is 25.7 Å². The fourth-order valence-corrected chi connectivity index (χ4v) is 1.76. The van der Waals surface area contributed by atoms with Crippen LogP contribution < -0.4 is 10.6 Å². The normalized spacial score (nSPS) is 17.9. The van der Waals surface area contributed by atoms with Crippen molar-refractivity contribution in [2.75, 3.05) is 32.8 Å². The zero-order valence-electron chi connectivity index (χ0n) is 10.5. The van der Waals surface area contributed by atoms with E-state index in [-0.39, 0.29) is 0 Å². The number of rotatable bonds is 5. The third-order valence-electron chi connectivity index (χ3n) is 2.65. The van der Waals surface area contributed by atoms with Gasteiger partial charge < -0.3 is 15.4 Å². The number of guanidine groups is 1. The van der Waals surface area contributed by atoms with E-state index < -0.39 is 0 Å². The van der Waals surface area contributed by atoms with Crippen LogP contribution in [0.3, 0.4) is 0 Å². The van der Waals surface area contributed by atoms with Crippen LogP contribution in [-0.2, 0) is 4.74 Å². The first-order chi connectivity index (χ1) is 8.22. The SMILES string of the molecule is C=C(Cl)CN=C(NCC)NCC1CCOCC1. The number of nitrogens with zero attached hydrogens (tertiary/aromatic N) is 1. The van der Waals surface area contributed by atoms with Crippen molar-refractivity contribution in [3.63, 3.8) is 0 Å². The van der Waals surface area contributed by atoms with Crippen LogP contribution in [-0.4, -0.2) is 38.8 Å². The lowest BCUT2D eigenvalue weighted by atomic mass is 10.0. The summed E-state index contributed by atoms with van der Waals surface area (Å²) in [4.78, 5) is 4.33. The van der Waals surface area contributed by atoms with Crippen molar-refractivity contribution in [3.8, 4) is 0 Å². The molecule has 17 heavy (non-hydrogen) atoms. The predicted molar refractivity (Wildman–Crippen MR) is 72.5 cm³/mol. The third kappa shape index (κ3) is 6.54. The van der Waals surface area contributed by atoms with Gasteiger partial charge in [0.15, 0.2) is 5.96 Å². The molecule has 0 saturated carbocycles. The van der Waals surface area contributed by atoms with E-state index in [2.05, 4.69) is 22.2 Å². The molecule has 0 bridgehead atoms. The van der Waals surface area contributed by atoms with Crippen LogP contribution in [0.1, 0.15) is 19.8 Å². The maximum absolute atomic E-state index is 5.70. The zero-order chi connectivity index (χ0) is 12.5. The van der Waals surface area contributed by atoms with E-state index in [1.807, 2.05) is 6.92 Å². The molecule has 0 amide bonds. The Bertz CT molecular complexity index is 262. The van der Waals surface area contributed by atoms with E-state index in [0.29, 0.717) is 17.5 Å². The minimum Gasteiger partial charge on any atom is -0.381 e. The highest BCUT2D eigenvalue weighted by atomic mass is 35.5. The van der Waals surface area contributed by atoms with E-state index in [1.54, 1.807) is 0 Å². The summed E-state index contributed by atoms with van der Waals surface area (Å²) in [6, 6.07) is 0. The molecule has 0 aromatic carbocycles. The van der Waals surface area contributed by atoms with Crippen LogP contribution in [0, 0.1) is 5.92 Å². The molecule has 5 heteroatoms. The molecule has 4 nitrogen and oxygen atoms in total. The Morgan fingerprint density at radius 2 is 2.12 bits per heavy atom. The molecule has 1 saturated heterocycles. The van der Waals surface area contributed by atoms with Gasteiger partial charge in [0.25, 0.3) is 0 Å². The Morgan fingerprint density at radius 1 is 1.41 bits per heavy atom. The van der Waals surface area contributed by atoms with Gasteiger partial charge in [-0.25, -0.2) is 4.99 Å². The van der Waals surface area contributed by atoms with Gasteiger partial charge in [0, 0.05) is 31.3 Å². The van der Waals surface area contributed by atoms with Crippen LogP contribution in [0.25, 0.3) is 0 Å². The highest BCUT2D eigenvalue weighted by molar-refractivity contribution is 6.29. The number of ether oxygens (including phenoxy) is 1. The van der Waals surface area contributed by atoms with Crippen molar-refractivity contribution < 1.29 is 4.74 Å². The molecule has 0 spiro atoms. The summed E-state index contributed by atoms with van der Waals surface area (Å²) >= 11 is 5.70. The molecule has 0 atom stereocenters. The molecule has 0 unspecified atom stereocenters. The van der Waals surface area contributed by atoms with Crippen molar-refractivity contribution >= 4 is 17.6 Å². The molecule has 1 fully saturated rings. The molecule has 1 aliphatic heterocycles. The van der Waals surface area contributed by atoms with Gasteiger partial charge in [-0.2, -0.15) is 0 Å². The summed E-state index contributed by atoms with van der Waals surface area (Å²) < 4.78 is 5.33. The standard InChI is InChI=1S/C12H22ClN3O/c1-3-14-12(15-8-10(2)13)16-9-11-4-6-17-7-5-11/h11H,2-9H2,1H3,(H2,14,15,16). The Labute approximate surface area is 108 Å². The van der Waals surface area contributed by atoms with Crippen LogP contribution in [0.5, 0.6) is 0 Å². The van der Waals surface area contributed by atoms with Gasteiger partial charge in [0.2, 0.25) is 0 Å². The lowest BCUT2D eigenvalue weighted by molar-refractivity contribution is 0.0675. The molecule has 0 radical (unpaired) electrons. The molecular formula is C12H22ClN3O. The molecule has 98 valence electrons. The fourth-order valence-electron chi connectivity index (χ4n) is 1.70. The third-order valence-corrected chi connectivity index (χ3v) is 2.77. The average molecular weight is 260 g/mol. The zero-order valence-corrected chi connectivity index (χ0v) is 11.2. The van der Waals surface area contributed by atoms with E-state index in [4.69, 9.17) is 16.3 Å². The maximum atomic E-state index is 5.70. The second-order valence-electron chi connectivity index (χ2n) is 4.15. The number of hydrogen-bond donors (Lipinski definition) is 2. The fraction of sp³-hybridized carbons (Fsp3) is 0.750. The van der Waals surface area contributed by atoms with Gasteiger partial charge in [-0.1, -0.05) is 18.2 Å². The maximum Gasteiger partial charge on any atom is 0.191 e. The Hall–Kier alpha value is -0.740. The van der Waals surface area contributed by atoms with Crippen molar-refractivity contribution in [1.29, 1.82) is 0 Å². The number of halogens is 1. The molecule has 0 aliphatic carbocycles. The summed E-state index contributed by atoms with van der Waals surface area (Å²) in [5.74, 6) is 1.48. The van der Waals surface area contributed by atoms with Gasteiger partial charge in [0.05, 0.1) is 6.54 Å². The Morgan fingerprint density at radius 3 is 2.71 bits per heavy atom. The molecule has 1 rings (SSSR count). The Kier molecular flexibility index (Phi) is 7.05. The van der Waals surface area contributed by atoms with E-state index in [9.17, 15) is 0 Å². The highest BCUT2D eigenvalue weighted by Crippen LogP contribution is 2.12. The lowest BCUT2D eigenvalue weighted by Gasteiger charge is -2.23. The van der Waals surface area contributed by atoms with Crippen LogP contribution in [0.4, 0.5) is 0 Å². The van der Waals surface area contributed by atoms with E-state index in [0.717, 1.165) is 45.1 Å². The minimum atomic E-state index is 0.449. The quantitative estimate of drug-likeness (QED) is 0.584. The average Bonchev–Trinajstić information content (AvgIpc) is 2.34. The van der Waals surface area contributed by atoms with Gasteiger partial charge in [0.1, 0.15) is 0 Å². The van der Waals surface area contributed by atoms with Gasteiger partial charge in [-0.3, -0.25) is 0 Å². The number of aliphatic imine (C=N–C) groups is 1. The van der Waals surface area contributed by atoms with Crippen molar-refractivity contribution in [2.24, 2.45) is 10.9 Å². The van der Waals surface area contributed by atoms with Crippen LogP contribution in [0.2, 0.25) is 0 Å². The molecule has 0 aromatic rings. The van der Waals surface area contributed by atoms with E-state index >= 15 is 0 Å². The van der Waals surface area contributed by atoms with E-state index in [1.165, 1.54) is 0 Å². The van der Waals surface area contributed by atoms with Crippen LogP contribution >= 0.6 is 11.6 Å². The van der Waals surface area contributed by atoms with Gasteiger partial charge in [-0.15, -0.1) is 0 Å². The summed E-state index contributed by atoms with van der Waals surface area (Å²) in [5, 5.41) is 7.06. The van der Waals surface area contributed by atoms with Crippen molar-refractivity contribution in [1.82, 2.24) is 10.6 Å². The number of nitrogens with one attached hydrogen (secondary N) is 2. The second-order valence-corrected chi connectivity index (χ2v) is 4.68. The smallest absolute Gasteiger partial charge is 0.191 e. The van der Waals surface area contributed by atoms with Gasteiger partial charge >= 0.3 is 0 Å². The first-order valence-corrected chi connectivity index (χ1v) is 6.53. The molecule has 1 aliphatic rings. The van der Waals surface area contributed by atoms with Crippen LogP contribution in [0.15, 0.2) is 16.6 Å². The first kappa shape index (κ1) is 14.3. The highest BCUT2D eigenvalue weighted by Gasteiger charge is 2.13. The summed E-state index contributed by atoms with van der Waals surface area (Å²) in [6.07, 6.45) is 2.24. The summed E-state index contributed by atoms with van der Waals surface area (Å²) in [7, 11) is 0. The monoisotopic (exact) mass is 259 g/mol. The molecule has 1 heterocycles. The second kappa shape index (κ2) is 8.37. The first-order valence-electron chi connectivity index (χ1n) is 6.15. The molecule has 2 N–H and O–H groups in total. The lowest BCUT2D eigenvalue weighted by Crippen LogP contribution is -2.40. The number of hydrogen-bond acceptors (Lipinski definition) is 2. The molecular weight excluding hydrogens is 238 g/mol. The topological polar surface area (TPSA) is 45.7 Å². The Balaban J connectivity index is 2.32.